The molecule has 1 unspecified atom stereocenters. The van der Waals surface area contributed by atoms with Crippen LogP contribution in [0.1, 0.15) is 62.5 Å². The van der Waals surface area contributed by atoms with Gasteiger partial charge in [0.15, 0.2) is 17.5 Å². The molecule has 1 aliphatic carbocycles. The van der Waals surface area contributed by atoms with Crippen molar-refractivity contribution in [1.82, 2.24) is 23.7 Å². The highest BCUT2D eigenvalue weighted by molar-refractivity contribution is 6.29. The average molecular weight is 564 g/mol. The van der Waals surface area contributed by atoms with E-state index >= 15 is 0 Å². The van der Waals surface area contributed by atoms with E-state index in [9.17, 15) is 9.59 Å². The first-order valence-electron chi connectivity index (χ1n) is 14.2. The second kappa shape index (κ2) is 11.7. The van der Waals surface area contributed by atoms with E-state index in [-0.39, 0.29) is 24.1 Å². The number of aryl methyl sites for hydroxylation is 1. The van der Waals surface area contributed by atoms with Gasteiger partial charge in [-0.2, -0.15) is 0 Å². The minimum absolute atomic E-state index is 0.205. The summed E-state index contributed by atoms with van der Waals surface area (Å²) in [6.07, 6.45) is 7.46. The van der Waals surface area contributed by atoms with Gasteiger partial charge >= 0.3 is 5.69 Å². The van der Waals surface area contributed by atoms with Crippen molar-refractivity contribution in [1.29, 1.82) is 0 Å². The summed E-state index contributed by atoms with van der Waals surface area (Å²) in [6.45, 7) is 4.07. The molecule has 40 heavy (non-hydrogen) atoms. The Morgan fingerprint density at radius 1 is 1.02 bits per heavy atom. The molecule has 0 bridgehead atoms. The highest BCUT2D eigenvalue weighted by atomic mass is 35.5. The van der Waals surface area contributed by atoms with Crippen molar-refractivity contribution in [3.63, 3.8) is 0 Å². The van der Waals surface area contributed by atoms with Crippen LogP contribution in [0.4, 0.5) is 0 Å². The van der Waals surface area contributed by atoms with Crippen LogP contribution in [0.25, 0.3) is 22.6 Å². The molecule has 0 spiro atoms. The molecule has 2 fully saturated rings. The van der Waals surface area contributed by atoms with Crippen LogP contribution >= 0.6 is 11.6 Å². The minimum Gasteiger partial charge on any atom is -0.353 e. The monoisotopic (exact) mass is 563 g/mol. The van der Waals surface area contributed by atoms with E-state index < -0.39 is 0 Å². The third-order valence-corrected chi connectivity index (χ3v) is 7.98. The Morgan fingerprint density at radius 3 is 2.52 bits per heavy atom. The molecule has 1 aliphatic heterocycles. The van der Waals surface area contributed by atoms with Gasteiger partial charge in [0.2, 0.25) is 0 Å². The number of hydrogen-bond acceptors (Lipinski definition) is 6. The molecule has 2 aliphatic rings. The number of aromatic nitrogens is 5. The van der Waals surface area contributed by atoms with Crippen molar-refractivity contribution < 1.29 is 9.47 Å². The van der Waals surface area contributed by atoms with E-state index in [2.05, 4.69) is 29.2 Å². The summed E-state index contributed by atoms with van der Waals surface area (Å²) in [4.78, 5) is 36.5. The van der Waals surface area contributed by atoms with Crippen LogP contribution in [0.2, 0.25) is 5.15 Å². The van der Waals surface area contributed by atoms with Crippen LogP contribution in [0.3, 0.4) is 0 Å². The zero-order valence-corrected chi connectivity index (χ0v) is 23.5. The Hall–Kier alpha value is -3.27. The summed E-state index contributed by atoms with van der Waals surface area (Å²) in [5, 5.41) is 0.371. The van der Waals surface area contributed by atoms with Crippen molar-refractivity contribution in [2.24, 2.45) is 0 Å². The summed E-state index contributed by atoms with van der Waals surface area (Å²) < 4.78 is 16.3. The third kappa shape index (κ3) is 5.50. The van der Waals surface area contributed by atoms with Gasteiger partial charge < -0.3 is 14.0 Å². The Kier molecular flexibility index (Phi) is 7.87. The summed E-state index contributed by atoms with van der Waals surface area (Å²) in [5.74, 6) is 1.23. The molecule has 6 rings (SSSR count). The van der Waals surface area contributed by atoms with Crippen molar-refractivity contribution in [3.05, 3.63) is 79.7 Å². The zero-order valence-electron chi connectivity index (χ0n) is 22.7. The van der Waals surface area contributed by atoms with E-state index in [1.165, 1.54) is 23.0 Å². The molecule has 0 N–H and O–H groups in total. The van der Waals surface area contributed by atoms with Gasteiger partial charge in [-0.25, -0.2) is 14.8 Å². The fourth-order valence-electron chi connectivity index (χ4n) is 5.43. The minimum atomic E-state index is -0.367. The van der Waals surface area contributed by atoms with Gasteiger partial charge in [-0.15, -0.1) is 0 Å². The van der Waals surface area contributed by atoms with Crippen LogP contribution < -0.4 is 11.2 Å². The first-order valence-corrected chi connectivity index (χ1v) is 14.6. The lowest BCUT2D eigenvalue weighted by Gasteiger charge is -2.22. The summed E-state index contributed by atoms with van der Waals surface area (Å²) in [5.41, 5.74) is 3.17. The molecule has 1 aromatic carbocycles. The number of benzene rings is 1. The molecule has 4 aromatic rings. The Bertz CT molecular complexity index is 1600. The largest absolute Gasteiger partial charge is 0.353 e. The van der Waals surface area contributed by atoms with Crippen LogP contribution in [0.5, 0.6) is 0 Å². The van der Waals surface area contributed by atoms with E-state index in [1.54, 1.807) is 16.8 Å². The van der Waals surface area contributed by atoms with Crippen molar-refractivity contribution in [3.8, 4) is 11.4 Å². The van der Waals surface area contributed by atoms with Gasteiger partial charge in [0.25, 0.3) is 5.56 Å². The SMILES string of the molecule is CCn1c(=O)n(CCCOC2CCCCO2)c(=O)c2c1nc(-c1ccc(Cl)nc1)n2Cc1ccc(C2CC2)cc1. The van der Waals surface area contributed by atoms with Crippen LogP contribution in [-0.2, 0) is 29.1 Å². The van der Waals surface area contributed by atoms with Gasteiger partial charge in [0.05, 0.1) is 6.61 Å². The number of fused-ring (bicyclic) bond motifs is 1. The number of rotatable bonds is 10. The second-order valence-corrected chi connectivity index (χ2v) is 11.0. The van der Waals surface area contributed by atoms with Crippen LogP contribution in [0, 0.1) is 0 Å². The number of imidazole rings is 1. The number of hydrogen-bond donors (Lipinski definition) is 0. The normalized spacial score (nSPS) is 17.5. The molecular weight excluding hydrogens is 530 g/mol. The maximum absolute atomic E-state index is 14.0. The molecule has 1 saturated heterocycles. The Labute approximate surface area is 237 Å². The molecule has 1 saturated carbocycles. The molecule has 210 valence electrons. The van der Waals surface area contributed by atoms with E-state index in [4.69, 9.17) is 26.1 Å². The lowest BCUT2D eigenvalue weighted by atomic mass is 10.1. The van der Waals surface area contributed by atoms with Gasteiger partial charge in [-0.05, 0) is 74.6 Å². The summed E-state index contributed by atoms with van der Waals surface area (Å²) in [6, 6.07) is 12.1. The number of nitrogens with zero attached hydrogens (tertiary/aromatic N) is 5. The van der Waals surface area contributed by atoms with Crippen LogP contribution in [0.15, 0.2) is 52.2 Å². The molecule has 3 aromatic heterocycles. The van der Waals surface area contributed by atoms with Gasteiger partial charge in [0, 0.05) is 38.0 Å². The maximum atomic E-state index is 14.0. The third-order valence-electron chi connectivity index (χ3n) is 7.75. The molecule has 0 amide bonds. The number of halogens is 1. The topological polar surface area (TPSA) is 93.2 Å². The highest BCUT2D eigenvalue weighted by Gasteiger charge is 2.25. The fourth-order valence-corrected chi connectivity index (χ4v) is 5.54. The number of ether oxygens (including phenoxy) is 2. The van der Waals surface area contributed by atoms with Crippen molar-refractivity contribution >= 4 is 22.8 Å². The molecule has 1 atom stereocenters. The van der Waals surface area contributed by atoms with E-state index in [0.29, 0.717) is 60.8 Å². The highest BCUT2D eigenvalue weighted by Crippen LogP contribution is 2.40. The average Bonchev–Trinajstić information content (AvgIpc) is 3.76. The summed E-state index contributed by atoms with van der Waals surface area (Å²) in [7, 11) is 0. The standard InChI is InChI=1S/C30H34ClN5O4/c1-2-34-28-26(29(37)35(30(34)38)15-5-17-40-25-6-3-4-16-39-25)36(27(33-28)23-13-14-24(31)32-18-23)19-20-7-9-21(10-8-20)22-11-12-22/h7-10,13-14,18,22,25H,2-6,11-12,15-17,19H2,1H3. The quantitative estimate of drug-likeness (QED) is 0.200. The molecule has 9 nitrogen and oxygen atoms in total. The Balaban J connectivity index is 1.39. The van der Waals surface area contributed by atoms with Gasteiger partial charge in [-0.3, -0.25) is 13.9 Å². The van der Waals surface area contributed by atoms with Gasteiger partial charge in [-0.1, -0.05) is 35.9 Å². The van der Waals surface area contributed by atoms with E-state index in [1.807, 2.05) is 17.6 Å². The number of pyridine rings is 1. The summed E-state index contributed by atoms with van der Waals surface area (Å²) >= 11 is 6.06. The predicted molar refractivity (Wildman–Crippen MR) is 154 cm³/mol. The smallest absolute Gasteiger partial charge is 0.332 e. The molecular formula is C30H34ClN5O4. The molecule has 4 heterocycles. The zero-order chi connectivity index (χ0) is 27.6. The molecule has 0 radical (unpaired) electrons. The Morgan fingerprint density at radius 2 is 1.85 bits per heavy atom. The maximum Gasteiger partial charge on any atom is 0.332 e. The van der Waals surface area contributed by atoms with Crippen molar-refractivity contribution in [2.75, 3.05) is 13.2 Å². The fraction of sp³-hybridized carbons (Fsp3) is 0.467. The van der Waals surface area contributed by atoms with Crippen molar-refractivity contribution in [2.45, 2.75) is 77.3 Å². The van der Waals surface area contributed by atoms with Gasteiger partial charge in [0.1, 0.15) is 11.0 Å². The lowest BCUT2D eigenvalue weighted by molar-refractivity contribution is -0.163. The second-order valence-electron chi connectivity index (χ2n) is 10.6. The van der Waals surface area contributed by atoms with Crippen LogP contribution in [-0.4, -0.2) is 43.2 Å². The first-order chi connectivity index (χ1) is 19.5. The molecule has 10 heteroatoms. The first kappa shape index (κ1) is 26.9. The lowest BCUT2D eigenvalue weighted by Crippen LogP contribution is -2.40. The van der Waals surface area contributed by atoms with E-state index in [0.717, 1.165) is 30.4 Å². The predicted octanol–water partition coefficient (Wildman–Crippen LogP) is 4.95.